The van der Waals surface area contributed by atoms with Gasteiger partial charge < -0.3 is 10.6 Å². The first kappa shape index (κ1) is 13.2. The molecule has 2 N–H and O–H groups in total. The van der Waals surface area contributed by atoms with Crippen LogP contribution < -0.4 is 5.73 Å². The zero-order valence-corrected chi connectivity index (χ0v) is 9.49. The maximum absolute atomic E-state index is 11.7. The van der Waals surface area contributed by atoms with Crippen LogP contribution in [-0.2, 0) is 4.79 Å². The van der Waals surface area contributed by atoms with Crippen molar-refractivity contribution in [1.82, 2.24) is 4.90 Å². The van der Waals surface area contributed by atoms with Crippen molar-refractivity contribution in [2.24, 2.45) is 5.73 Å². The van der Waals surface area contributed by atoms with Gasteiger partial charge in [0.2, 0.25) is 5.91 Å². The highest BCUT2D eigenvalue weighted by molar-refractivity contribution is 5.81. The Balaban J connectivity index is 4.15. The molecule has 0 rings (SSSR count). The Morgan fingerprint density at radius 3 is 2.64 bits per heavy atom. The molecule has 0 fully saturated rings. The molecule has 0 bridgehead atoms. The van der Waals surface area contributed by atoms with Gasteiger partial charge in [-0.25, -0.2) is 0 Å². The molecule has 0 aromatic rings. The van der Waals surface area contributed by atoms with E-state index >= 15 is 0 Å². The lowest BCUT2D eigenvalue weighted by atomic mass is 10.1. The van der Waals surface area contributed by atoms with Crippen LogP contribution in [0.15, 0.2) is 12.7 Å². The minimum absolute atomic E-state index is 0.00542. The molecule has 2 unspecified atom stereocenters. The van der Waals surface area contributed by atoms with Crippen molar-refractivity contribution in [2.45, 2.75) is 45.2 Å². The van der Waals surface area contributed by atoms with E-state index < -0.39 is 6.04 Å². The Bertz CT molecular complexity index is 192. The Kier molecular flexibility index (Phi) is 6.21. The van der Waals surface area contributed by atoms with E-state index in [1.165, 1.54) is 0 Å². The lowest BCUT2D eigenvalue weighted by Crippen LogP contribution is -2.45. The average molecular weight is 198 g/mol. The Hall–Kier alpha value is -0.830. The van der Waals surface area contributed by atoms with Crippen LogP contribution in [0.5, 0.6) is 0 Å². The summed E-state index contributed by atoms with van der Waals surface area (Å²) in [6, 6.07) is -0.167. The van der Waals surface area contributed by atoms with Crippen LogP contribution in [0.4, 0.5) is 0 Å². The molecule has 1 amide bonds. The minimum Gasteiger partial charge on any atom is -0.342 e. The first-order valence-corrected chi connectivity index (χ1v) is 5.17. The van der Waals surface area contributed by atoms with Gasteiger partial charge in [0.1, 0.15) is 0 Å². The number of nitrogens with two attached hydrogens (primary N) is 1. The number of nitrogens with zero attached hydrogens (tertiary/aromatic N) is 1. The molecule has 0 saturated carbocycles. The van der Waals surface area contributed by atoms with Gasteiger partial charge in [-0.2, -0.15) is 0 Å². The number of amides is 1. The molecule has 0 aliphatic rings. The third kappa shape index (κ3) is 3.92. The normalized spacial score (nSPS) is 14.6. The number of carbonyl (C=O) groups is 1. The molecule has 0 aliphatic heterocycles. The van der Waals surface area contributed by atoms with E-state index in [4.69, 9.17) is 5.73 Å². The Morgan fingerprint density at radius 2 is 2.21 bits per heavy atom. The van der Waals surface area contributed by atoms with Crippen LogP contribution in [0.2, 0.25) is 0 Å². The fraction of sp³-hybridized carbons (Fsp3) is 0.727. The standard InChI is InChI=1S/C11H22N2O/c1-5-7-9(3)13(4)11(14)10(12)8-6-2/h6,9-10H,2,5,7-8,12H2,1,3-4H3. The molecule has 0 saturated heterocycles. The van der Waals surface area contributed by atoms with E-state index in [0.29, 0.717) is 6.42 Å². The maximum atomic E-state index is 11.7. The molecule has 0 spiro atoms. The van der Waals surface area contributed by atoms with E-state index in [1.54, 1.807) is 11.0 Å². The third-order valence-electron chi connectivity index (χ3n) is 2.45. The van der Waals surface area contributed by atoms with Crippen LogP contribution in [0.25, 0.3) is 0 Å². The zero-order chi connectivity index (χ0) is 11.1. The summed E-state index contributed by atoms with van der Waals surface area (Å²) in [4.78, 5) is 13.4. The number of likely N-dealkylation sites (N-methyl/N-ethyl adjacent to an activating group) is 1. The SMILES string of the molecule is C=CCC(N)C(=O)N(C)C(C)CCC. The minimum atomic E-state index is -0.434. The summed E-state index contributed by atoms with van der Waals surface area (Å²) < 4.78 is 0. The molecule has 82 valence electrons. The fourth-order valence-electron chi connectivity index (χ4n) is 1.37. The average Bonchev–Trinajstić information content (AvgIpc) is 2.16. The zero-order valence-electron chi connectivity index (χ0n) is 9.49. The largest absolute Gasteiger partial charge is 0.342 e. The van der Waals surface area contributed by atoms with Gasteiger partial charge >= 0.3 is 0 Å². The van der Waals surface area contributed by atoms with E-state index in [-0.39, 0.29) is 11.9 Å². The summed E-state index contributed by atoms with van der Waals surface area (Å²) in [5.41, 5.74) is 5.70. The highest BCUT2D eigenvalue weighted by atomic mass is 16.2. The smallest absolute Gasteiger partial charge is 0.239 e. The van der Waals surface area contributed by atoms with Gasteiger partial charge in [-0.1, -0.05) is 19.4 Å². The van der Waals surface area contributed by atoms with Crippen molar-refractivity contribution in [2.75, 3.05) is 7.05 Å². The third-order valence-corrected chi connectivity index (χ3v) is 2.45. The predicted molar refractivity (Wildman–Crippen MR) is 59.9 cm³/mol. The van der Waals surface area contributed by atoms with Crippen molar-refractivity contribution in [3.8, 4) is 0 Å². The number of hydrogen-bond donors (Lipinski definition) is 1. The monoisotopic (exact) mass is 198 g/mol. The van der Waals surface area contributed by atoms with E-state index in [0.717, 1.165) is 12.8 Å². The highest BCUT2D eigenvalue weighted by Gasteiger charge is 2.20. The molecule has 0 radical (unpaired) electrons. The molecule has 0 aliphatic carbocycles. The van der Waals surface area contributed by atoms with E-state index in [1.807, 2.05) is 14.0 Å². The fourth-order valence-corrected chi connectivity index (χ4v) is 1.37. The molecule has 0 heterocycles. The molecule has 14 heavy (non-hydrogen) atoms. The second-order valence-corrected chi connectivity index (χ2v) is 3.72. The van der Waals surface area contributed by atoms with E-state index in [2.05, 4.69) is 13.5 Å². The van der Waals surface area contributed by atoms with Gasteiger partial charge in [0.25, 0.3) is 0 Å². The van der Waals surface area contributed by atoms with Gasteiger partial charge in [0.15, 0.2) is 0 Å². The molecular weight excluding hydrogens is 176 g/mol. The van der Waals surface area contributed by atoms with Gasteiger partial charge in [0, 0.05) is 13.1 Å². The van der Waals surface area contributed by atoms with Crippen LogP contribution >= 0.6 is 0 Å². The van der Waals surface area contributed by atoms with Crippen molar-refractivity contribution in [3.05, 3.63) is 12.7 Å². The van der Waals surface area contributed by atoms with Crippen molar-refractivity contribution < 1.29 is 4.79 Å². The molecule has 3 heteroatoms. The summed E-state index contributed by atoms with van der Waals surface area (Å²) in [6.45, 7) is 7.73. The summed E-state index contributed by atoms with van der Waals surface area (Å²) in [5.74, 6) is 0.00542. The Morgan fingerprint density at radius 1 is 1.64 bits per heavy atom. The van der Waals surface area contributed by atoms with Crippen LogP contribution in [0, 0.1) is 0 Å². The second-order valence-electron chi connectivity index (χ2n) is 3.72. The van der Waals surface area contributed by atoms with Gasteiger partial charge in [0.05, 0.1) is 6.04 Å². The van der Waals surface area contributed by atoms with E-state index in [9.17, 15) is 4.79 Å². The maximum Gasteiger partial charge on any atom is 0.239 e. The van der Waals surface area contributed by atoms with Gasteiger partial charge in [-0.15, -0.1) is 6.58 Å². The van der Waals surface area contributed by atoms with Crippen LogP contribution in [-0.4, -0.2) is 29.9 Å². The number of carbonyl (C=O) groups excluding carboxylic acids is 1. The Labute approximate surface area is 87.0 Å². The summed E-state index contributed by atoms with van der Waals surface area (Å²) in [7, 11) is 1.81. The first-order chi connectivity index (χ1) is 6.54. The molecule has 3 nitrogen and oxygen atoms in total. The summed E-state index contributed by atoms with van der Waals surface area (Å²) in [6.07, 6.45) is 4.32. The molecule has 2 atom stereocenters. The molecule has 0 aromatic carbocycles. The van der Waals surface area contributed by atoms with Crippen molar-refractivity contribution in [3.63, 3.8) is 0 Å². The quantitative estimate of drug-likeness (QED) is 0.658. The van der Waals surface area contributed by atoms with Crippen molar-refractivity contribution in [1.29, 1.82) is 0 Å². The van der Waals surface area contributed by atoms with Gasteiger partial charge in [-0.3, -0.25) is 4.79 Å². The lowest BCUT2D eigenvalue weighted by Gasteiger charge is -2.27. The number of hydrogen-bond acceptors (Lipinski definition) is 2. The topological polar surface area (TPSA) is 46.3 Å². The van der Waals surface area contributed by atoms with Crippen LogP contribution in [0.1, 0.15) is 33.1 Å². The summed E-state index contributed by atoms with van der Waals surface area (Å²) in [5, 5.41) is 0. The van der Waals surface area contributed by atoms with Gasteiger partial charge in [-0.05, 0) is 19.8 Å². The second kappa shape index (κ2) is 6.60. The number of rotatable bonds is 6. The summed E-state index contributed by atoms with van der Waals surface area (Å²) >= 11 is 0. The van der Waals surface area contributed by atoms with Crippen molar-refractivity contribution >= 4 is 5.91 Å². The lowest BCUT2D eigenvalue weighted by molar-refractivity contribution is -0.133. The predicted octanol–water partition coefficient (Wildman–Crippen LogP) is 1.54. The first-order valence-electron chi connectivity index (χ1n) is 5.17. The highest BCUT2D eigenvalue weighted by Crippen LogP contribution is 2.06. The molecular formula is C11H22N2O. The van der Waals surface area contributed by atoms with Crippen LogP contribution in [0.3, 0.4) is 0 Å². The molecule has 0 aromatic heterocycles.